The van der Waals surface area contributed by atoms with Gasteiger partial charge in [-0.05, 0) is 16.7 Å². The topological polar surface area (TPSA) is 0 Å². The zero-order valence-corrected chi connectivity index (χ0v) is 25.4. The van der Waals surface area contributed by atoms with Gasteiger partial charge in [0, 0.05) is 19.3 Å². The summed E-state index contributed by atoms with van der Waals surface area (Å²) >= 11 is 0. The second-order valence-electron chi connectivity index (χ2n) is 10.4. The van der Waals surface area contributed by atoms with Crippen molar-refractivity contribution in [2.24, 2.45) is 0 Å². The largest absolute Gasteiger partial charge is 1.00 e. The first kappa shape index (κ1) is 32.9. The number of halogens is 3. The molecule has 0 saturated carbocycles. The zero-order chi connectivity index (χ0) is 18.6. The summed E-state index contributed by atoms with van der Waals surface area (Å²) in [5, 5.41) is 0. The first-order valence-electron chi connectivity index (χ1n) is 9.27. The van der Waals surface area contributed by atoms with Crippen LogP contribution in [-0.2, 0) is 19.3 Å². The Balaban J connectivity index is -0.00000192. The Bertz CT molecular complexity index is 438. The molecule has 1 aromatic carbocycles. The van der Waals surface area contributed by atoms with E-state index in [4.69, 9.17) is 0 Å². The van der Waals surface area contributed by atoms with E-state index in [9.17, 15) is 0 Å². The van der Waals surface area contributed by atoms with Crippen molar-refractivity contribution in [2.45, 2.75) is 19.3 Å². The lowest BCUT2D eigenvalue weighted by atomic mass is 9.99. The lowest BCUT2D eigenvalue weighted by Gasteiger charge is -2.26. The van der Waals surface area contributed by atoms with Crippen molar-refractivity contribution in [3.8, 4) is 0 Å². The maximum atomic E-state index is 2.45. The molecule has 0 unspecified atom stereocenters. The van der Waals surface area contributed by atoms with Gasteiger partial charge in [0.1, 0.15) is 0 Å². The zero-order valence-electron chi connectivity index (χ0n) is 19.0. The van der Waals surface area contributed by atoms with Gasteiger partial charge in [-0.25, -0.2) is 0 Å². The van der Waals surface area contributed by atoms with Crippen molar-refractivity contribution < 1.29 is 85.4 Å². The fourth-order valence-corrected chi connectivity index (χ4v) is 2.67. The van der Waals surface area contributed by atoms with Crippen molar-refractivity contribution >= 4 is 0 Å². The van der Waals surface area contributed by atoms with Crippen LogP contribution in [0.1, 0.15) is 16.7 Å². The van der Waals surface area contributed by atoms with Gasteiger partial charge < -0.3 is 85.4 Å². The molecule has 0 spiro atoms. The first-order chi connectivity index (χ1) is 10.7. The second-order valence-corrected chi connectivity index (χ2v) is 10.4. The summed E-state index contributed by atoms with van der Waals surface area (Å²) in [6.07, 6.45) is 3.50. The third-order valence-corrected chi connectivity index (χ3v) is 4.33. The third-order valence-electron chi connectivity index (χ3n) is 4.33. The van der Waals surface area contributed by atoms with Crippen LogP contribution in [0.5, 0.6) is 0 Å². The minimum Gasteiger partial charge on any atom is -1.00 e. The Morgan fingerprint density at radius 3 is 0.778 bits per heavy atom. The molecule has 0 N–H and O–H groups in total. The Hall–Kier alpha value is 1.29. The van der Waals surface area contributed by atoms with Gasteiger partial charge in [0.25, 0.3) is 0 Å². The Morgan fingerprint density at radius 1 is 0.444 bits per heavy atom. The van der Waals surface area contributed by atoms with E-state index in [1.165, 1.54) is 55.6 Å². The number of hydrogen-bond donors (Lipinski definition) is 0. The van der Waals surface area contributed by atoms with Crippen LogP contribution in [0.2, 0.25) is 0 Å². The molecule has 6 heteroatoms. The molecule has 0 radical (unpaired) electrons. The smallest absolute Gasteiger partial charge is 0.0821 e. The summed E-state index contributed by atoms with van der Waals surface area (Å²) in [6, 6.07) is 7.34. The van der Waals surface area contributed by atoms with E-state index in [-0.39, 0.29) is 71.9 Å². The van der Waals surface area contributed by atoms with Gasteiger partial charge >= 0.3 is 0 Å². The van der Waals surface area contributed by atoms with Crippen molar-refractivity contribution in [3.05, 3.63) is 34.9 Å². The fourth-order valence-electron chi connectivity index (χ4n) is 2.67. The number of benzene rings is 1. The summed E-state index contributed by atoms with van der Waals surface area (Å²) in [5.41, 5.74) is 4.54. The van der Waals surface area contributed by atoms with Crippen molar-refractivity contribution in [2.75, 3.05) is 83.1 Å². The number of hydrogen-bond acceptors (Lipinski definition) is 0. The van der Waals surface area contributed by atoms with Crippen molar-refractivity contribution in [3.63, 3.8) is 0 Å². The van der Waals surface area contributed by atoms with E-state index in [0.29, 0.717) is 0 Å². The van der Waals surface area contributed by atoms with Crippen LogP contribution in [0.25, 0.3) is 0 Å². The van der Waals surface area contributed by atoms with E-state index in [1.54, 1.807) is 0 Å². The molecule has 1 rings (SSSR count). The minimum absolute atomic E-state index is 0. The molecule has 0 aromatic heterocycles. The van der Waals surface area contributed by atoms with Crippen LogP contribution in [0.4, 0.5) is 0 Å². The lowest BCUT2D eigenvalue weighted by Crippen LogP contribution is -3.00. The van der Waals surface area contributed by atoms with Crippen LogP contribution >= 0.6 is 0 Å². The van der Waals surface area contributed by atoms with Gasteiger partial charge in [-0.2, -0.15) is 0 Å². The average Bonchev–Trinajstić information content (AvgIpc) is 2.38. The summed E-state index contributed by atoms with van der Waals surface area (Å²) in [6.45, 7) is 3.56. The summed E-state index contributed by atoms with van der Waals surface area (Å²) in [4.78, 5) is 0. The molecule has 1 aromatic rings. The van der Waals surface area contributed by atoms with Crippen LogP contribution in [0, 0.1) is 0 Å². The standard InChI is InChI=1S/C21H42N3.3HI/c1-22(2,3)13-10-19-16-20(11-14-23(4,5)6)18-21(17-19)12-15-24(7,8)9;;;/h16-18H,10-15H2,1-9H3;3*1H/q+3;;;/p-3. The molecule has 0 aliphatic rings. The van der Waals surface area contributed by atoms with Gasteiger partial charge in [-0.3, -0.25) is 0 Å². The molecular weight excluding hydrogens is 675 g/mol. The van der Waals surface area contributed by atoms with Gasteiger partial charge in [0.05, 0.1) is 83.1 Å². The highest BCUT2D eigenvalue weighted by molar-refractivity contribution is 5.31. The predicted octanol–water partition coefficient (Wildman–Crippen LogP) is -6.56. The predicted molar refractivity (Wildman–Crippen MR) is 106 cm³/mol. The second kappa shape index (κ2) is 13.6. The van der Waals surface area contributed by atoms with Crippen LogP contribution in [-0.4, -0.2) is 96.5 Å². The molecule has 0 bridgehead atoms. The van der Waals surface area contributed by atoms with Crippen molar-refractivity contribution in [1.82, 2.24) is 0 Å². The summed E-state index contributed by atoms with van der Waals surface area (Å²) < 4.78 is 3.08. The number of nitrogens with zero attached hydrogens (tertiary/aromatic N) is 3. The highest BCUT2D eigenvalue weighted by Crippen LogP contribution is 2.15. The molecule has 0 amide bonds. The van der Waals surface area contributed by atoms with Crippen LogP contribution in [0.15, 0.2) is 18.2 Å². The normalized spacial score (nSPS) is 11.9. The van der Waals surface area contributed by atoms with E-state index in [2.05, 4.69) is 81.6 Å². The lowest BCUT2D eigenvalue weighted by molar-refractivity contribution is -0.870. The maximum absolute atomic E-state index is 2.45. The highest BCUT2D eigenvalue weighted by atomic mass is 127. The third kappa shape index (κ3) is 17.8. The number of likely N-dealkylation sites (N-methyl/N-ethyl adjacent to an activating group) is 3. The molecule has 0 atom stereocenters. The maximum Gasteiger partial charge on any atom is 0.0821 e. The van der Waals surface area contributed by atoms with Crippen molar-refractivity contribution in [1.29, 1.82) is 0 Å². The van der Waals surface area contributed by atoms with Crippen LogP contribution in [0.3, 0.4) is 0 Å². The van der Waals surface area contributed by atoms with Gasteiger partial charge in [-0.1, -0.05) is 18.2 Å². The van der Waals surface area contributed by atoms with Gasteiger partial charge in [0.15, 0.2) is 0 Å². The molecule has 3 nitrogen and oxygen atoms in total. The molecule has 0 heterocycles. The Labute approximate surface area is 220 Å². The molecule has 27 heavy (non-hydrogen) atoms. The quantitative estimate of drug-likeness (QED) is 0.177. The van der Waals surface area contributed by atoms with E-state index >= 15 is 0 Å². The fraction of sp³-hybridized carbons (Fsp3) is 0.714. The van der Waals surface area contributed by atoms with E-state index in [1.807, 2.05) is 0 Å². The van der Waals surface area contributed by atoms with Gasteiger partial charge in [0.2, 0.25) is 0 Å². The van der Waals surface area contributed by atoms with E-state index < -0.39 is 0 Å². The molecular formula is C21H42I3N3. The monoisotopic (exact) mass is 717 g/mol. The Kier molecular flexibility index (Phi) is 16.5. The average molecular weight is 717 g/mol. The first-order valence-corrected chi connectivity index (χ1v) is 9.27. The molecule has 0 saturated heterocycles. The summed E-state index contributed by atoms with van der Waals surface area (Å²) in [7, 11) is 20.5. The minimum atomic E-state index is 0. The highest BCUT2D eigenvalue weighted by Gasteiger charge is 2.13. The molecule has 0 aliphatic carbocycles. The molecule has 0 fully saturated rings. The van der Waals surface area contributed by atoms with Crippen LogP contribution < -0.4 is 71.9 Å². The number of quaternary nitrogens is 3. The van der Waals surface area contributed by atoms with Gasteiger partial charge in [-0.15, -0.1) is 0 Å². The summed E-state index contributed by atoms with van der Waals surface area (Å²) in [5.74, 6) is 0. The van der Waals surface area contributed by atoms with E-state index in [0.717, 1.165) is 13.4 Å². The molecule has 162 valence electrons. The SMILES string of the molecule is C[N+](C)(C)CCc1cc(CC[N+](C)(C)C)cc(CC[N+](C)(C)C)c1.[I-].[I-].[I-]. The Morgan fingerprint density at radius 2 is 0.630 bits per heavy atom. The number of rotatable bonds is 9. The molecule has 0 aliphatic heterocycles.